The zero-order valence-corrected chi connectivity index (χ0v) is 17.2. The van der Waals surface area contributed by atoms with E-state index >= 15 is 0 Å². The van der Waals surface area contributed by atoms with E-state index in [0.29, 0.717) is 16.6 Å². The predicted molar refractivity (Wildman–Crippen MR) is 113 cm³/mol. The summed E-state index contributed by atoms with van der Waals surface area (Å²) < 4.78 is 1.51. The van der Waals surface area contributed by atoms with Gasteiger partial charge < -0.3 is 5.32 Å². The number of carbonyl (C=O) groups excluding carboxylic acids is 1. The van der Waals surface area contributed by atoms with E-state index in [9.17, 15) is 14.9 Å². The Bertz CT molecular complexity index is 1220. The van der Waals surface area contributed by atoms with Gasteiger partial charge in [0, 0.05) is 22.5 Å². The van der Waals surface area contributed by atoms with Gasteiger partial charge in [-0.15, -0.1) is 22.7 Å². The third-order valence-corrected chi connectivity index (χ3v) is 5.86. The monoisotopic (exact) mass is 445 g/mol. The number of thiazole rings is 1. The van der Waals surface area contributed by atoms with Gasteiger partial charge in [-0.1, -0.05) is 17.7 Å². The van der Waals surface area contributed by atoms with Crippen LogP contribution in [-0.2, 0) is 0 Å². The van der Waals surface area contributed by atoms with Crippen molar-refractivity contribution in [3.63, 3.8) is 0 Å². The molecule has 4 aromatic rings. The third-order valence-electron chi connectivity index (χ3n) is 3.92. The molecular formula is C18H12ClN5O3S2. The summed E-state index contributed by atoms with van der Waals surface area (Å²) in [7, 11) is 0. The predicted octanol–water partition coefficient (Wildman–Crippen LogP) is 5.18. The third kappa shape index (κ3) is 3.90. The first-order valence-corrected chi connectivity index (χ1v) is 10.4. The van der Waals surface area contributed by atoms with E-state index in [2.05, 4.69) is 15.4 Å². The maximum absolute atomic E-state index is 12.7. The highest BCUT2D eigenvalue weighted by Crippen LogP contribution is 2.30. The van der Waals surface area contributed by atoms with Crippen molar-refractivity contribution in [1.82, 2.24) is 14.8 Å². The first-order chi connectivity index (χ1) is 13.9. The molecule has 0 fully saturated rings. The number of halogens is 1. The molecule has 11 heteroatoms. The van der Waals surface area contributed by atoms with Gasteiger partial charge in [-0.25, -0.2) is 4.98 Å². The molecule has 3 heterocycles. The van der Waals surface area contributed by atoms with Gasteiger partial charge in [-0.3, -0.25) is 14.9 Å². The van der Waals surface area contributed by atoms with Gasteiger partial charge in [0.25, 0.3) is 11.6 Å². The number of aryl methyl sites for hydroxylation is 1. The molecule has 0 radical (unpaired) electrons. The van der Waals surface area contributed by atoms with Gasteiger partial charge in [-0.2, -0.15) is 9.78 Å². The maximum Gasteiger partial charge on any atom is 0.282 e. The Morgan fingerprint density at radius 2 is 2.10 bits per heavy atom. The van der Waals surface area contributed by atoms with Crippen LogP contribution in [0, 0.1) is 17.0 Å². The van der Waals surface area contributed by atoms with Crippen LogP contribution in [0.2, 0.25) is 5.02 Å². The minimum absolute atomic E-state index is 0.133. The summed E-state index contributed by atoms with van der Waals surface area (Å²) in [6.07, 6.45) is 0. The quantitative estimate of drug-likeness (QED) is 0.336. The highest BCUT2D eigenvalue weighted by molar-refractivity contribution is 7.15. The van der Waals surface area contributed by atoms with Crippen molar-refractivity contribution in [1.29, 1.82) is 0 Å². The largest absolute Gasteiger partial charge is 0.306 e. The molecule has 1 amide bonds. The molecule has 29 heavy (non-hydrogen) atoms. The average Bonchev–Trinajstić information content (AvgIpc) is 3.41. The van der Waals surface area contributed by atoms with Crippen molar-refractivity contribution >= 4 is 51.7 Å². The van der Waals surface area contributed by atoms with Crippen LogP contribution in [0.4, 0.5) is 11.5 Å². The topological polar surface area (TPSA) is 103 Å². The number of rotatable bonds is 5. The Labute approximate surface area is 177 Å². The van der Waals surface area contributed by atoms with Crippen molar-refractivity contribution in [3.8, 4) is 15.7 Å². The van der Waals surface area contributed by atoms with Crippen molar-refractivity contribution in [2.24, 2.45) is 0 Å². The number of thiophene rings is 1. The highest BCUT2D eigenvalue weighted by atomic mass is 35.5. The number of benzene rings is 1. The summed E-state index contributed by atoms with van der Waals surface area (Å²) in [5, 5.41) is 23.0. The van der Waals surface area contributed by atoms with Gasteiger partial charge >= 0.3 is 0 Å². The second-order valence-corrected chi connectivity index (χ2v) is 8.17. The lowest BCUT2D eigenvalue weighted by molar-refractivity contribution is -0.385. The molecule has 0 bridgehead atoms. The van der Waals surface area contributed by atoms with Gasteiger partial charge in [0.15, 0.2) is 0 Å². The standard InChI is InChI=1S/C18H12ClN5O3S2/c1-10-7-16(21-17(25)12-8-11(19)4-5-14(12)24(26)27)23(22-10)18-20-13(9-29-18)15-3-2-6-28-15/h2-9H,1H3,(H,21,25). The first-order valence-electron chi connectivity index (χ1n) is 8.24. The summed E-state index contributed by atoms with van der Waals surface area (Å²) in [4.78, 5) is 29.0. The smallest absolute Gasteiger partial charge is 0.282 e. The number of carbonyl (C=O) groups is 1. The number of amides is 1. The van der Waals surface area contributed by atoms with Crippen LogP contribution in [0.3, 0.4) is 0 Å². The van der Waals surface area contributed by atoms with Gasteiger partial charge in [0.05, 0.1) is 21.2 Å². The fourth-order valence-corrected chi connectivity index (χ4v) is 4.39. The molecule has 3 aromatic heterocycles. The van der Waals surface area contributed by atoms with Crippen molar-refractivity contribution < 1.29 is 9.72 Å². The number of nitrogens with zero attached hydrogens (tertiary/aromatic N) is 4. The number of hydrogen-bond donors (Lipinski definition) is 1. The summed E-state index contributed by atoms with van der Waals surface area (Å²) in [6.45, 7) is 1.78. The number of nitrogens with one attached hydrogen (secondary N) is 1. The van der Waals surface area contributed by atoms with E-state index in [1.165, 1.54) is 34.2 Å². The van der Waals surface area contributed by atoms with Gasteiger partial charge in [0.1, 0.15) is 11.4 Å². The molecule has 0 spiro atoms. The number of nitro benzene ring substituents is 1. The van der Waals surface area contributed by atoms with Crippen molar-refractivity contribution in [2.75, 3.05) is 5.32 Å². The van der Waals surface area contributed by atoms with Gasteiger partial charge in [-0.05, 0) is 30.5 Å². The summed E-state index contributed by atoms with van der Waals surface area (Å²) in [6, 6.07) is 9.42. The van der Waals surface area contributed by atoms with Crippen LogP contribution >= 0.6 is 34.3 Å². The maximum atomic E-state index is 12.7. The summed E-state index contributed by atoms with van der Waals surface area (Å²) in [5.41, 5.74) is 1.01. The molecule has 0 saturated heterocycles. The van der Waals surface area contributed by atoms with Crippen LogP contribution in [0.25, 0.3) is 15.7 Å². The Morgan fingerprint density at radius 1 is 1.28 bits per heavy atom. The number of anilines is 1. The molecule has 146 valence electrons. The average molecular weight is 446 g/mol. The lowest BCUT2D eigenvalue weighted by atomic mass is 10.1. The number of nitro groups is 1. The van der Waals surface area contributed by atoms with Crippen LogP contribution in [0.5, 0.6) is 0 Å². The Hall–Kier alpha value is -3.08. The zero-order chi connectivity index (χ0) is 20.5. The van der Waals surface area contributed by atoms with E-state index in [-0.39, 0.29) is 16.3 Å². The Morgan fingerprint density at radius 3 is 2.83 bits per heavy atom. The van der Waals surface area contributed by atoms with Crippen LogP contribution < -0.4 is 5.32 Å². The molecule has 0 aliphatic rings. The molecule has 1 N–H and O–H groups in total. The SMILES string of the molecule is Cc1cc(NC(=O)c2cc(Cl)ccc2[N+](=O)[O-])n(-c2nc(-c3cccs3)cs2)n1. The van der Waals surface area contributed by atoms with E-state index in [1.54, 1.807) is 24.3 Å². The summed E-state index contributed by atoms with van der Waals surface area (Å²) >= 11 is 8.88. The van der Waals surface area contributed by atoms with Gasteiger partial charge in [0.2, 0.25) is 5.13 Å². The molecule has 0 atom stereocenters. The molecular weight excluding hydrogens is 434 g/mol. The number of aromatic nitrogens is 3. The molecule has 0 unspecified atom stereocenters. The fraction of sp³-hybridized carbons (Fsp3) is 0.0556. The Balaban J connectivity index is 1.67. The minimum Gasteiger partial charge on any atom is -0.306 e. The zero-order valence-electron chi connectivity index (χ0n) is 14.8. The summed E-state index contributed by atoms with van der Waals surface area (Å²) in [5.74, 6) is -0.302. The normalized spacial score (nSPS) is 10.8. The highest BCUT2D eigenvalue weighted by Gasteiger charge is 2.22. The lowest BCUT2D eigenvalue weighted by Crippen LogP contribution is -2.16. The van der Waals surface area contributed by atoms with E-state index < -0.39 is 10.8 Å². The minimum atomic E-state index is -0.657. The molecule has 4 rings (SSSR count). The van der Waals surface area contributed by atoms with Crippen molar-refractivity contribution in [3.05, 3.63) is 73.6 Å². The van der Waals surface area contributed by atoms with E-state index in [0.717, 1.165) is 10.6 Å². The molecule has 8 nitrogen and oxygen atoms in total. The van der Waals surface area contributed by atoms with Crippen molar-refractivity contribution in [2.45, 2.75) is 6.92 Å². The second-order valence-electron chi connectivity index (χ2n) is 5.95. The molecule has 1 aromatic carbocycles. The first kappa shape index (κ1) is 19.2. The lowest BCUT2D eigenvalue weighted by Gasteiger charge is -2.07. The second kappa shape index (κ2) is 7.74. The van der Waals surface area contributed by atoms with E-state index in [4.69, 9.17) is 11.6 Å². The fourth-order valence-electron chi connectivity index (χ4n) is 2.67. The molecule has 0 saturated carbocycles. The molecule has 0 aliphatic heterocycles. The van der Waals surface area contributed by atoms with E-state index in [1.807, 2.05) is 22.9 Å². The number of hydrogen-bond acceptors (Lipinski definition) is 7. The Kier molecular flexibility index (Phi) is 5.14. The van der Waals surface area contributed by atoms with Crippen LogP contribution in [0.1, 0.15) is 16.1 Å². The van der Waals surface area contributed by atoms with Crippen LogP contribution in [0.15, 0.2) is 47.2 Å². The molecule has 0 aliphatic carbocycles. The van der Waals surface area contributed by atoms with Crippen LogP contribution in [-0.4, -0.2) is 25.6 Å².